The number of rotatable bonds is 10. The first kappa shape index (κ1) is 22.7. The lowest BCUT2D eigenvalue weighted by Gasteiger charge is -2.13. The van der Waals surface area contributed by atoms with E-state index >= 15 is 0 Å². The van der Waals surface area contributed by atoms with Gasteiger partial charge in [-0.1, -0.05) is 29.3 Å². The molecule has 0 fully saturated rings. The van der Waals surface area contributed by atoms with Crippen molar-refractivity contribution in [1.82, 2.24) is 10.3 Å². The molecule has 0 aliphatic rings. The molecule has 6 nitrogen and oxygen atoms in total. The largest absolute Gasteiger partial charge is 0.493 e. The Hall–Kier alpha value is -2.96. The summed E-state index contributed by atoms with van der Waals surface area (Å²) in [6.45, 7) is 1.01. The number of hydrogen-bond acceptors (Lipinski definition) is 5. The van der Waals surface area contributed by atoms with Crippen molar-refractivity contribution in [2.45, 2.75) is 19.6 Å². The molecule has 8 heteroatoms. The molecule has 0 aliphatic heterocycles. The number of methoxy groups -OCH3 is 1. The van der Waals surface area contributed by atoms with Gasteiger partial charge < -0.3 is 19.5 Å². The Morgan fingerprint density at radius 3 is 2.48 bits per heavy atom. The van der Waals surface area contributed by atoms with Crippen LogP contribution in [-0.4, -0.2) is 24.6 Å². The second kappa shape index (κ2) is 11.4. The van der Waals surface area contributed by atoms with Crippen molar-refractivity contribution in [3.05, 3.63) is 82.1 Å². The first-order valence-electron chi connectivity index (χ1n) is 9.58. The summed E-state index contributed by atoms with van der Waals surface area (Å²) < 4.78 is 16.8. The van der Waals surface area contributed by atoms with Gasteiger partial charge in [0, 0.05) is 25.0 Å². The molecule has 0 aliphatic carbocycles. The van der Waals surface area contributed by atoms with Crippen molar-refractivity contribution in [1.29, 1.82) is 0 Å². The molecule has 3 rings (SSSR count). The van der Waals surface area contributed by atoms with Crippen LogP contribution in [0.4, 0.5) is 0 Å². The maximum absolute atomic E-state index is 12.1. The molecule has 1 aromatic heterocycles. The van der Waals surface area contributed by atoms with Gasteiger partial charge in [-0.3, -0.25) is 9.78 Å². The van der Waals surface area contributed by atoms with Crippen molar-refractivity contribution in [2.75, 3.05) is 13.7 Å². The minimum Gasteiger partial charge on any atom is -0.493 e. The highest BCUT2D eigenvalue weighted by Crippen LogP contribution is 2.29. The minimum atomic E-state index is -0.128. The van der Waals surface area contributed by atoms with Gasteiger partial charge in [0.25, 0.3) is 0 Å². The molecule has 0 atom stereocenters. The van der Waals surface area contributed by atoms with Crippen molar-refractivity contribution < 1.29 is 19.0 Å². The fourth-order valence-electron chi connectivity index (χ4n) is 2.70. The van der Waals surface area contributed by atoms with E-state index in [1.807, 2.05) is 30.3 Å². The molecular formula is C23H22Cl2N2O4. The predicted molar refractivity (Wildman–Crippen MR) is 120 cm³/mol. The SMILES string of the molecule is COc1cc(CNC(=O)CCOc2ccc(Cl)c(Cl)c2)ccc1OCc1ccncc1. The van der Waals surface area contributed by atoms with Crippen LogP contribution in [-0.2, 0) is 17.9 Å². The molecule has 0 unspecified atom stereocenters. The second-order valence-electron chi connectivity index (χ2n) is 6.58. The Kier molecular flexibility index (Phi) is 8.38. The van der Waals surface area contributed by atoms with Crippen LogP contribution < -0.4 is 19.5 Å². The van der Waals surface area contributed by atoms with Crippen LogP contribution >= 0.6 is 23.2 Å². The zero-order valence-corrected chi connectivity index (χ0v) is 18.4. The Morgan fingerprint density at radius 2 is 1.74 bits per heavy atom. The zero-order chi connectivity index (χ0) is 22.1. The molecule has 0 radical (unpaired) electrons. The van der Waals surface area contributed by atoms with Gasteiger partial charge in [0.1, 0.15) is 12.4 Å². The third kappa shape index (κ3) is 7.05. The van der Waals surface area contributed by atoms with E-state index in [0.717, 1.165) is 11.1 Å². The lowest BCUT2D eigenvalue weighted by atomic mass is 10.2. The van der Waals surface area contributed by atoms with Gasteiger partial charge in [-0.05, 0) is 47.5 Å². The summed E-state index contributed by atoms with van der Waals surface area (Å²) >= 11 is 11.8. The fraction of sp³-hybridized carbons (Fsp3) is 0.217. The van der Waals surface area contributed by atoms with Gasteiger partial charge in [-0.15, -0.1) is 0 Å². The minimum absolute atomic E-state index is 0.128. The summed E-state index contributed by atoms with van der Waals surface area (Å²) in [7, 11) is 1.58. The highest BCUT2D eigenvalue weighted by atomic mass is 35.5. The standard InChI is InChI=1S/C23H22Cl2N2O4/c1-29-22-12-17(2-5-21(22)31-15-16-6-9-26-10-7-16)14-27-23(28)8-11-30-18-3-4-19(24)20(25)13-18/h2-7,9-10,12-13H,8,11,14-15H2,1H3,(H,27,28). The molecule has 0 spiro atoms. The topological polar surface area (TPSA) is 69.7 Å². The van der Waals surface area contributed by atoms with Crippen LogP contribution in [0.5, 0.6) is 17.2 Å². The smallest absolute Gasteiger partial charge is 0.223 e. The molecule has 2 aromatic carbocycles. The molecule has 162 valence electrons. The number of carbonyl (C=O) groups is 1. The summed E-state index contributed by atoms with van der Waals surface area (Å²) in [5.41, 5.74) is 1.91. The molecule has 3 aromatic rings. The van der Waals surface area contributed by atoms with Crippen LogP contribution in [0.2, 0.25) is 10.0 Å². The van der Waals surface area contributed by atoms with E-state index in [1.54, 1.807) is 37.7 Å². The van der Waals surface area contributed by atoms with Gasteiger partial charge in [0.2, 0.25) is 5.91 Å². The van der Waals surface area contributed by atoms with Crippen LogP contribution in [0.15, 0.2) is 60.9 Å². The van der Waals surface area contributed by atoms with Gasteiger partial charge in [-0.2, -0.15) is 0 Å². The number of benzene rings is 2. The first-order valence-corrected chi connectivity index (χ1v) is 10.3. The number of nitrogens with one attached hydrogen (secondary N) is 1. The fourth-order valence-corrected chi connectivity index (χ4v) is 2.99. The van der Waals surface area contributed by atoms with Crippen molar-refractivity contribution in [3.63, 3.8) is 0 Å². The Morgan fingerprint density at radius 1 is 0.935 bits per heavy atom. The highest BCUT2D eigenvalue weighted by Gasteiger charge is 2.08. The van der Waals surface area contributed by atoms with Crippen LogP contribution in [0.1, 0.15) is 17.5 Å². The molecule has 1 N–H and O–H groups in total. The molecule has 31 heavy (non-hydrogen) atoms. The molecule has 1 heterocycles. The summed E-state index contributed by atoms with van der Waals surface area (Å²) in [5, 5.41) is 3.73. The van der Waals surface area contributed by atoms with Gasteiger partial charge in [-0.25, -0.2) is 0 Å². The van der Waals surface area contributed by atoms with Crippen molar-refractivity contribution in [2.24, 2.45) is 0 Å². The summed E-state index contributed by atoms with van der Waals surface area (Å²) in [4.78, 5) is 16.1. The second-order valence-corrected chi connectivity index (χ2v) is 7.39. The Labute approximate surface area is 191 Å². The number of carbonyl (C=O) groups excluding carboxylic acids is 1. The number of hydrogen-bond donors (Lipinski definition) is 1. The van der Waals surface area contributed by atoms with Gasteiger partial charge in [0.15, 0.2) is 11.5 Å². The number of aromatic nitrogens is 1. The maximum atomic E-state index is 12.1. The number of ether oxygens (including phenoxy) is 3. The van der Waals surface area contributed by atoms with Crippen LogP contribution in [0.3, 0.4) is 0 Å². The zero-order valence-electron chi connectivity index (χ0n) is 16.9. The number of halogens is 2. The molecule has 0 bridgehead atoms. The lowest BCUT2D eigenvalue weighted by Crippen LogP contribution is -2.24. The van der Waals surface area contributed by atoms with Gasteiger partial charge >= 0.3 is 0 Å². The monoisotopic (exact) mass is 460 g/mol. The summed E-state index contributed by atoms with van der Waals surface area (Å²) in [5.74, 6) is 1.67. The van der Waals surface area contributed by atoms with E-state index < -0.39 is 0 Å². The van der Waals surface area contributed by atoms with E-state index in [9.17, 15) is 4.79 Å². The molecular weight excluding hydrogens is 439 g/mol. The Bertz CT molecular complexity index is 1020. The van der Waals surface area contributed by atoms with Crippen molar-refractivity contribution in [3.8, 4) is 17.2 Å². The predicted octanol–water partition coefficient (Wildman–Crippen LogP) is 5.06. The summed E-state index contributed by atoms with van der Waals surface area (Å²) in [6, 6.07) is 14.3. The highest BCUT2D eigenvalue weighted by molar-refractivity contribution is 6.42. The number of amides is 1. The number of nitrogens with zero attached hydrogens (tertiary/aromatic N) is 1. The molecule has 1 amide bonds. The quantitative estimate of drug-likeness (QED) is 0.457. The lowest BCUT2D eigenvalue weighted by molar-refractivity contribution is -0.121. The van der Waals surface area contributed by atoms with E-state index in [2.05, 4.69) is 10.3 Å². The Balaban J connectivity index is 1.45. The van der Waals surface area contributed by atoms with E-state index in [0.29, 0.717) is 40.4 Å². The number of pyridine rings is 1. The van der Waals surface area contributed by atoms with Crippen LogP contribution in [0.25, 0.3) is 0 Å². The maximum Gasteiger partial charge on any atom is 0.223 e. The average molecular weight is 461 g/mol. The third-order valence-corrected chi connectivity index (χ3v) is 5.09. The van der Waals surface area contributed by atoms with E-state index in [-0.39, 0.29) is 18.9 Å². The third-order valence-electron chi connectivity index (χ3n) is 4.35. The molecule has 0 saturated heterocycles. The van der Waals surface area contributed by atoms with Gasteiger partial charge in [0.05, 0.1) is 30.2 Å². The van der Waals surface area contributed by atoms with E-state index in [1.165, 1.54) is 0 Å². The summed E-state index contributed by atoms with van der Waals surface area (Å²) in [6.07, 6.45) is 3.65. The first-order chi connectivity index (χ1) is 15.0. The average Bonchev–Trinajstić information content (AvgIpc) is 2.79. The molecule has 0 saturated carbocycles. The normalized spacial score (nSPS) is 10.4. The van der Waals surface area contributed by atoms with Crippen LogP contribution in [0, 0.1) is 0 Å². The van der Waals surface area contributed by atoms with E-state index in [4.69, 9.17) is 37.4 Å². The van der Waals surface area contributed by atoms with Crippen molar-refractivity contribution >= 4 is 29.1 Å².